The summed E-state index contributed by atoms with van der Waals surface area (Å²) in [5.74, 6) is 0.495. The molecule has 4 N–H and O–H groups in total. The topological polar surface area (TPSA) is 101 Å². The maximum atomic E-state index is 12.4. The van der Waals surface area contributed by atoms with E-state index in [0.29, 0.717) is 17.7 Å². The van der Waals surface area contributed by atoms with Crippen molar-refractivity contribution < 1.29 is 13.2 Å². The number of hydrogen-bond acceptors (Lipinski definition) is 5. The molecule has 1 aromatic carbocycles. The van der Waals surface area contributed by atoms with Gasteiger partial charge in [-0.3, -0.25) is 4.79 Å². The van der Waals surface area contributed by atoms with Crippen LogP contribution in [0.2, 0.25) is 0 Å². The lowest BCUT2D eigenvalue weighted by molar-refractivity contribution is -0.117. The number of aryl methyl sites for hydroxylation is 1. The molecular weight excluding hydrogens is 370 g/mol. The van der Waals surface area contributed by atoms with Gasteiger partial charge in [-0.15, -0.1) is 12.4 Å². The minimum absolute atomic E-state index is 0. The van der Waals surface area contributed by atoms with Crippen molar-refractivity contribution in [2.45, 2.75) is 43.2 Å². The summed E-state index contributed by atoms with van der Waals surface area (Å²) in [7, 11) is -3.56. The van der Waals surface area contributed by atoms with Crippen LogP contribution in [-0.4, -0.2) is 38.4 Å². The number of amides is 1. The number of carbonyl (C=O) groups excluding carboxylic acids is 1. The molecule has 1 amide bonds. The fourth-order valence-electron chi connectivity index (χ4n) is 2.06. The summed E-state index contributed by atoms with van der Waals surface area (Å²) in [6.07, 6.45) is 4.28. The van der Waals surface area contributed by atoms with Crippen molar-refractivity contribution in [2.75, 3.05) is 17.3 Å². The van der Waals surface area contributed by atoms with Crippen LogP contribution in [0, 0.1) is 6.92 Å². The summed E-state index contributed by atoms with van der Waals surface area (Å²) in [5.41, 5.74) is 6.91. The Hall–Kier alpha value is -0.800. The standard InChI is InChI=1S/C15H23N3O3S2.ClH/c1-10-3-4-12(17-15(19)13(16)7-8-22-2)9-14(10)23(20,21)18-11-5-6-11;/h3-4,9,11,13,18H,5-8,16H2,1-2H3,(H,17,19);1H/t13-;/m0./s1. The largest absolute Gasteiger partial charge is 0.325 e. The van der Waals surface area contributed by atoms with Crippen molar-refractivity contribution in [3.8, 4) is 0 Å². The minimum Gasteiger partial charge on any atom is -0.325 e. The SMILES string of the molecule is CSCC[C@H](N)C(=O)Nc1ccc(C)c(S(=O)(=O)NC2CC2)c1.Cl. The van der Waals surface area contributed by atoms with Crippen LogP contribution in [0.5, 0.6) is 0 Å². The average Bonchev–Trinajstić information content (AvgIpc) is 3.29. The number of halogens is 1. The normalized spacial score (nSPS) is 15.5. The molecule has 1 aliphatic carbocycles. The van der Waals surface area contributed by atoms with Crippen molar-refractivity contribution in [3.63, 3.8) is 0 Å². The molecule has 24 heavy (non-hydrogen) atoms. The molecule has 1 fully saturated rings. The number of carbonyl (C=O) groups is 1. The maximum absolute atomic E-state index is 12.4. The summed E-state index contributed by atoms with van der Waals surface area (Å²) in [6.45, 7) is 1.73. The molecule has 0 aliphatic heterocycles. The van der Waals surface area contributed by atoms with Crippen LogP contribution in [-0.2, 0) is 14.8 Å². The first-order valence-electron chi connectivity index (χ1n) is 7.52. The first-order chi connectivity index (χ1) is 10.8. The van der Waals surface area contributed by atoms with Gasteiger partial charge in [0.15, 0.2) is 0 Å². The third-order valence-electron chi connectivity index (χ3n) is 3.61. The van der Waals surface area contributed by atoms with Gasteiger partial charge in [-0.1, -0.05) is 6.07 Å². The molecule has 0 spiro atoms. The predicted molar refractivity (Wildman–Crippen MR) is 101 cm³/mol. The van der Waals surface area contributed by atoms with Gasteiger partial charge in [0.05, 0.1) is 10.9 Å². The van der Waals surface area contributed by atoms with Gasteiger partial charge in [0, 0.05) is 11.7 Å². The molecule has 9 heteroatoms. The van der Waals surface area contributed by atoms with Gasteiger partial charge >= 0.3 is 0 Å². The second-order valence-corrected chi connectivity index (χ2v) is 8.42. The molecule has 2 rings (SSSR count). The molecule has 0 radical (unpaired) electrons. The molecule has 0 saturated heterocycles. The first kappa shape index (κ1) is 21.2. The fraction of sp³-hybridized carbons (Fsp3) is 0.533. The van der Waals surface area contributed by atoms with Crippen molar-refractivity contribution in [2.24, 2.45) is 5.73 Å². The summed E-state index contributed by atoms with van der Waals surface area (Å²) >= 11 is 1.63. The van der Waals surface area contributed by atoms with Crippen LogP contribution in [0.15, 0.2) is 23.1 Å². The smallest absolute Gasteiger partial charge is 0.241 e. The van der Waals surface area contributed by atoms with E-state index in [1.165, 1.54) is 6.07 Å². The average molecular weight is 394 g/mol. The van der Waals surface area contributed by atoms with Gasteiger partial charge in [-0.05, 0) is 55.9 Å². The molecule has 1 aliphatic rings. The van der Waals surface area contributed by atoms with E-state index in [1.54, 1.807) is 30.8 Å². The second-order valence-electron chi connectivity index (χ2n) is 5.75. The summed E-state index contributed by atoms with van der Waals surface area (Å²) in [5, 5.41) is 2.69. The van der Waals surface area contributed by atoms with Crippen LogP contribution in [0.4, 0.5) is 5.69 Å². The zero-order valence-electron chi connectivity index (χ0n) is 13.7. The number of sulfonamides is 1. The van der Waals surface area contributed by atoms with Gasteiger partial charge in [-0.2, -0.15) is 11.8 Å². The highest BCUT2D eigenvalue weighted by Crippen LogP contribution is 2.25. The van der Waals surface area contributed by atoms with Gasteiger partial charge in [-0.25, -0.2) is 13.1 Å². The van der Waals surface area contributed by atoms with Crippen LogP contribution in [0.1, 0.15) is 24.8 Å². The Kier molecular flexibility index (Phi) is 8.01. The summed E-state index contributed by atoms with van der Waals surface area (Å²) < 4.78 is 27.4. The Balaban J connectivity index is 0.00000288. The summed E-state index contributed by atoms with van der Waals surface area (Å²) in [4.78, 5) is 12.2. The van der Waals surface area contributed by atoms with Crippen molar-refractivity contribution in [3.05, 3.63) is 23.8 Å². The van der Waals surface area contributed by atoms with Crippen LogP contribution >= 0.6 is 24.2 Å². The number of benzene rings is 1. The van der Waals surface area contributed by atoms with Gasteiger partial charge in [0.1, 0.15) is 0 Å². The molecule has 136 valence electrons. The van der Waals surface area contributed by atoms with Crippen LogP contribution in [0.3, 0.4) is 0 Å². The van der Waals surface area contributed by atoms with Gasteiger partial charge < -0.3 is 11.1 Å². The predicted octanol–water partition coefficient (Wildman–Crippen LogP) is 1.88. The van der Waals surface area contributed by atoms with E-state index in [4.69, 9.17) is 5.73 Å². The molecule has 6 nitrogen and oxygen atoms in total. The lowest BCUT2D eigenvalue weighted by Gasteiger charge is -2.14. The highest BCUT2D eigenvalue weighted by molar-refractivity contribution is 7.98. The zero-order chi connectivity index (χ0) is 17.0. The monoisotopic (exact) mass is 393 g/mol. The fourth-order valence-corrected chi connectivity index (χ4v) is 4.13. The van der Waals surface area contributed by atoms with E-state index in [2.05, 4.69) is 10.0 Å². The third kappa shape index (κ3) is 5.93. The van der Waals surface area contributed by atoms with E-state index in [0.717, 1.165) is 18.6 Å². The van der Waals surface area contributed by atoms with E-state index in [-0.39, 0.29) is 29.3 Å². The van der Waals surface area contributed by atoms with Crippen molar-refractivity contribution in [1.29, 1.82) is 0 Å². The van der Waals surface area contributed by atoms with E-state index >= 15 is 0 Å². The molecular formula is C15H24ClN3O3S2. The Morgan fingerprint density at radius 2 is 2.08 bits per heavy atom. The molecule has 1 atom stereocenters. The van der Waals surface area contributed by atoms with Crippen molar-refractivity contribution >= 4 is 45.8 Å². The van der Waals surface area contributed by atoms with Gasteiger partial charge in [0.2, 0.25) is 15.9 Å². The Bertz CT molecular complexity index is 679. The molecule has 0 unspecified atom stereocenters. The number of hydrogen-bond donors (Lipinski definition) is 3. The Labute approximate surface area is 153 Å². The van der Waals surface area contributed by atoms with Crippen LogP contribution in [0.25, 0.3) is 0 Å². The molecule has 1 saturated carbocycles. The number of rotatable bonds is 8. The molecule has 0 heterocycles. The Morgan fingerprint density at radius 1 is 1.42 bits per heavy atom. The van der Waals surface area contributed by atoms with E-state index < -0.39 is 16.1 Å². The number of thioether (sulfide) groups is 1. The highest BCUT2D eigenvalue weighted by atomic mass is 35.5. The zero-order valence-corrected chi connectivity index (χ0v) is 16.2. The Morgan fingerprint density at radius 3 is 2.67 bits per heavy atom. The molecule has 1 aromatic rings. The molecule has 0 bridgehead atoms. The quantitative estimate of drug-likeness (QED) is 0.625. The highest BCUT2D eigenvalue weighted by Gasteiger charge is 2.29. The van der Waals surface area contributed by atoms with E-state index in [1.807, 2.05) is 6.26 Å². The second kappa shape index (κ2) is 9.05. The van der Waals surface area contributed by atoms with E-state index in [9.17, 15) is 13.2 Å². The third-order valence-corrected chi connectivity index (χ3v) is 5.92. The van der Waals surface area contributed by atoms with Crippen molar-refractivity contribution in [1.82, 2.24) is 4.72 Å². The lowest BCUT2D eigenvalue weighted by atomic mass is 10.2. The number of nitrogens with one attached hydrogen (secondary N) is 2. The molecule has 0 aromatic heterocycles. The maximum Gasteiger partial charge on any atom is 0.241 e. The summed E-state index contributed by atoms with van der Waals surface area (Å²) in [6, 6.07) is 4.29. The number of nitrogens with two attached hydrogens (primary N) is 1. The van der Waals surface area contributed by atoms with Gasteiger partial charge in [0.25, 0.3) is 0 Å². The lowest BCUT2D eigenvalue weighted by Crippen LogP contribution is -2.36. The first-order valence-corrected chi connectivity index (χ1v) is 10.4. The minimum atomic E-state index is -3.56. The van der Waals surface area contributed by atoms with Crippen LogP contribution < -0.4 is 15.8 Å². The number of anilines is 1.